The minimum atomic E-state index is -0.446. The van der Waals surface area contributed by atoms with Crippen LogP contribution in [0.3, 0.4) is 0 Å². The van der Waals surface area contributed by atoms with Crippen LogP contribution in [0.1, 0.15) is 20.7 Å². The van der Waals surface area contributed by atoms with Crippen molar-refractivity contribution >= 4 is 52.6 Å². The topological polar surface area (TPSA) is 43.8 Å². The summed E-state index contributed by atoms with van der Waals surface area (Å²) >= 11 is 8.78. The Hall–Kier alpha value is -0.630. The first-order valence-corrected chi connectivity index (χ1v) is 9.19. The Labute approximate surface area is 154 Å². The highest BCUT2D eigenvalue weighted by molar-refractivity contribution is 7.18. The fraction of sp³-hybridized carbons (Fsp3) is 0.400. The van der Waals surface area contributed by atoms with Gasteiger partial charge in [-0.3, -0.25) is 9.69 Å². The Balaban J connectivity index is 0.00000192. The van der Waals surface area contributed by atoms with Gasteiger partial charge in [0.2, 0.25) is 0 Å². The number of β-amino-alcohol motifs (C(OH)–C–C–N with tert-alkyl or cyclic N) is 1. The van der Waals surface area contributed by atoms with Gasteiger partial charge in [0.25, 0.3) is 5.91 Å². The Kier molecular flexibility index (Phi) is 6.88. The number of thiophene rings is 2. The van der Waals surface area contributed by atoms with Gasteiger partial charge in [0.05, 0.1) is 9.21 Å². The molecule has 2 aromatic heterocycles. The van der Waals surface area contributed by atoms with Crippen molar-refractivity contribution in [1.29, 1.82) is 0 Å². The van der Waals surface area contributed by atoms with Crippen LogP contribution in [0.2, 0.25) is 4.34 Å². The van der Waals surface area contributed by atoms with E-state index in [0.717, 1.165) is 18.0 Å². The lowest BCUT2D eigenvalue weighted by Crippen LogP contribution is -2.49. The lowest BCUT2D eigenvalue weighted by Gasteiger charge is -2.35. The number of hydrogen-bond acceptors (Lipinski definition) is 5. The first-order valence-electron chi connectivity index (χ1n) is 7.12. The molecule has 8 heteroatoms. The van der Waals surface area contributed by atoms with E-state index < -0.39 is 6.10 Å². The van der Waals surface area contributed by atoms with Crippen LogP contribution >= 0.6 is 46.7 Å². The molecular formula is C15H18Cl2N2O2S2. The van der Waals surface area contributed by atoms with Crippen molar-refractivity contribution in [2.24, 2.45) is 0 Å². The zero-order valence-corrected chi connectivity index (χ0v) is 15.6. The maximum atomic E-state index is 12.3. The van der Waals surface area contributed by atoms with Crippen molar-refractivity contribution in [1.82, 2.24) is 9.80 Å². The molecule has 1 fully saturated rings. The van der Waals surface area contributed by atoms with Crippen LogP contribution in [0.25, 0.3) is 0 Å². The number of piperazine rings is 1. The second-order valence-electron chi connectivity index (χ2n) is 5.23. The minimum absolute atomic E-state index is 0. The summed E-state index contributed by atoms with van der Waals surface area (Å²) in [6, 6.07) is 7.44. The third-order valence-electron chi connectivity index (χ3n) is 3.75. The fourth-order valence-corrected chi connectivity index (χ4v) is 4.25. The number of hydrogen-bond donors (Lipinski definition) is 1. The minimum Gasteiger partial charge on any atom is -0.386 e. The van der Waals surface area contributed by atoms with Crippen molar-refractivity contribution in [2.45, 2.75) is 6.10 Å². The van der Waals surface area contributed by atoms with E-state index in [2.05, 4.69) is 4.90 Å². The third-order valence-corrected chi connectivity index (χ3v) is 5.94. The van der Waals surface area contributed by atoms with Gasteiger partial charge in [-0.1, -0.05) is 17.7 Å². The molecule has 1 unspecified atom stereocenters. The predicted molar refractivity (Wildman–Crippen MR) is 98.2 cm³/mol. The smallest absolute Gasteiger partial charge is 0.264 e. The number of aliphatic hydroxyl groups excluding tert-OH is 1. The summed E-state index contributed by atoms with van der Waals surface area (Å²) in [4.78, 5) is 18.1. The molecule has 0 spiro atoms. The number of carbonyl (C=O) groups is 1. The Morgan fingerprint density at radius 3 is 2.57 bits per heavy atom. The van der Waals surface area contributed by atoms with Gasteiger partial charge in [-0.25, -0.2) is 0 Å². The van der Waals surface area contributed by atoms with Gasteiger partial charge < -0.3 is 10.0 Å². The molecule has 1 N–H and O–H groups in total. The third kappa shape index (κ3) is 4.68. The summed E-state index contributed by atoms with van der Waals surface area (Å²) in [5.74, 6) is 0.0513. The normalized spacial score (nSPS) is 16.9. The SMILES string of the molecule is Cl.O=C(c1ccc(Cl)s1)N1CCN(CC(O)c2cccs2)CC1. The predicted octanol–water partition coefficient (Wildman–Crippen LogP) is 3.38. The Morgan fingerprint density at radius 2 is 2.00 bits per heavy atom. The molecule has 23 heavy (non-hydrogen) atoms. The molecule has 1 aliphatic heterocycles. The van der Waals surface area contributed by atoms with Crippen molar-refractivity contribution in [3.8, 4) is 0 Å². The molecule has 1 saturated heterocycles. The molecule has 0 aromatic carbocycles. The zero-order chi connectivity index (χ0) is 15.5. The van der Waals surface area contributed by atoms with Crippen molar-refractivity contribution in [2.75, 3.05) is 32.7 Å². The lowest BCUT2D eigenvalue weighted by molar-refractivity contribution is 0.0536. The lowest BCUT2D eigenvalue weighted by atomic mass is 10.2. The first-order chi connectivity index (χ1) is 10.6. The van der Waals surface area contributed by atoms with Crippen LogP contribution in [0.4, 0.5) is 0 Å². The van der Waals surface area contributed by atoms with Gasteiger partial charge in [0.15, 0.2) is 0 Å². The van der Waals surface area contributed by atoms with E-state index in [0.29, 0.717) is 28.8 Å². The van der Waals surface area contributed by atoms with Crippen molar-refractivity contribution in [3.05, 3.63) is 43.7 Å². The summed E-state index contributed by atoms with van der Waals surface area (Å²) in [5, 5.41) is 12.2. The van der Waals surface area contributed by atoms with E-state index in [1.54, 1.807) is 23.5 Å². The van der Waals surface area contributed by atoms with Gasteiger partial charge in [-0.05, 0) is 23.6 Å². The summed E-state index contributed by atoms with van der Waals surface area (Å²) in [5.41, 5.74) is 0. The molecule has 0 bridgehead atoms. The highest BCUT2D eigenvalue weighted by atomic mass is 35.5. The zero-order valence-electron chi connectivity index (χ0n) is 12.4. The number of carbonyl (C=O) groups excluding carboxylic acids is 1. The standard InChI is InChI=1S/C15H17ClN2O2S2.ClH/c16-14-4-3-13(22-14)15(20)18-7-5-17(6-8-18)10-11(19)12-2-1-9-21-12;/h1-4,9,11,19H,5-8,10H2;1H. The Morgan fingerprint density at radius 1 is 1.26 bits per heavy atom. The summed E-state index contributed by atoms with van der Waals surface area (Å²) < 4.78 is 0.640. The fourth-order valence-electron chi connectivity index (χ4n) is 2.53. The molecule has 126 valence electrons. The maximum absolute atomic E-state index is 12.3. The average molecular weight is 393 g/mol. The molecule has 4 nitrogen and oxygen atoms in total. The van der Waals surface area contributed by atoms with E-state index >= 15 is 0 Å². The van der Waals surface area contributed by atoms with Crippen LogP contribution in [0.5, 0.6) is 0 Å². The molecular weight excluding hydrogens is 375 g/mol. The number of halogens is 2. The van der Waals surface area contributed by atoms with Crippen LogP contribution in [0, 0.1) is 0 Å². The largest absolute Gasteiger partial charge is 0.386 e. The van der Waals surface area contributed by atoms with Gasteiger partial charge in [-0.2, -0.15) is 0 Å². The monoisotopic (exact) mass is 392 g/mol. The van der Waals surface area contributed by atoms with E-state index in [1.165, 1.54) is 11.3 Å². The number of amides is 1. The maximum Gasteiger partial charge on any atom is 0.264 e. The van der Waals surface area contributed by atoms with Crippen LogP contribution in [-0.4, -0.2) is 53.5 Å². The molecule has 0 aliphatic carbocycles. The molecule has 1 aliphatic rings. The summed E-state index contributed by atoms with van der Waals surface area (Å²) in [6.07, 6.45) is -0.446. The number of rotatable bonds is 4. The molecule has 3 heterocycles. The second kappa shape index (κ2) is 8.46. The van der Waals surface area contributed by atoms with Crippen LogP contribution in [-0.2, 0) is 0 Å². The second-order valence-corrected chi connectivity index (χ2v) is 7.92. The van der Waals surface area contributed by atoms with E-state index in [1.807, 2.05) is 22.4 Å². The number of nitrogens with zero attached hydrogens (tertiary/aromatic N) is 2. The van der Waals surface area contributed by atoms with E-state index in [9.17, 15) is 9.90 Å². The van der Waals surface area contributed by atoms with E-state index in [4.69, 9.17) is 11.6 Å². The van der Waals surface area contributed by atoms with Crippen LogP contribution < -0.4 is 0 Å². The van der Waals surface area contributed by atoms with Crippen LogP contribution in [0.15, 0.2) is 29.6 Å². The molecule has 1 amide bonds. The number of aliphatic hydroxyl groups is 1. The average Bonchev–Trinajstić information content (AvgIpc) is 3.18. The van der Waals surface area contributed by atoms with Gasteiger partial charge in [0.1, 0.15) is 6.10 Å². The molecule has 0 radical (unpaired) electrons. The van der Waals surface area contributed by atoms with Gasteiger partial charge in [0, 0.05) is 37.6 Å². The highest BCUT2D eigenvalue weighted by Gasteiger charge is 2.24. The quantitative estimate of drug-likeness (QED) is 0.866. The first kappa shape index (κ1) is 18.7. The summed E-state index contributed by atoms with van der Waals surface area (Å²) in [7, 11) is 0. The highest BCUT2D eigenvalue weighted by Crippen LogP contribution is 2.24. The van der Waals surface area contributed by atoms with Gasteiger partial charge >= 0.3 is 0 Å². The van der Waals surface area contributed by atoms with E-state index in [-0.39, 0.29) is 18.3 Å². The molecule has 0 saturated carbocycles. The molecule has 1 atom stereocenters. The molecule has 2 aromatic rings. The molecule has 3 rings (SSSR count). The van der Waals surface area contributed by atoms with Crippen molar-refractivity contribution in [3.63, 3.8) is 0 Å². The summed E-state index contributed by atoms with van der Waals surface area (Å²) in [6.45, 7) is 3.56. The van der Waals surface area contributed by atoms with Crippen molar-refractivity contribution < 1.29 is 9.90 Å². The Bertz CT molecular complexity index is 625. The van der Waals surface area contributed by atoms with Gasteiger partial charge in [-0.15, -0.1) is 35.1 Å².